The third-order valence-corrected chi connectivity index (χ3v) is 1.71. The maximum absolute atomic E-state index is 10.2. The van der Waals surface area contributed by atoms with Crippen LogP contribution in [0.1, 0.15) is 47.5 Å². The molecular formula is C12H26O3. The lowest BCUT2D eigenvalue weighted by Crippen LogP contribution is -2.02. The lowest BCUT2D eigenvalue weighted by Gasteiger charge is -2.02. The summed E-state index contributed by atoms with van der Waals surface area (Å²) in [5.74, 6) is 1.08. The highest BCUT2D eigenvalue weighted by Crippen LogP contribution is 1.98. The van der Waals surface area contributed by atoms with Crippen molar-refractivity contribution in [1.29, 1.82) is 0 Å². The van der Waals surface area contributed by atoms with E-state index in [1.807, 2.05) is 0 Å². The Morgan fingerprint density at radius 1 is 1.13 bits per heavy atom. The number of hydrogen-bond acceptors (Lipinski definition) is 3. The van der Waals surface area contributed by atoms with Crippen molar-refractivity contribution < 1.29 is 14.6 Å². The topological polar surface area (TPSA) is 46.5 Å². The predicted molar refractivity (Wildman–Crippen MR) is 62.6 cm³/mol. The van der Waals surface area contributed by atoms with Crippen LogP contribution in [0.25, 0.3) is 0 Å². The molecule has 0 radical (unpaired) electrons. The molecule has 0 bridgehead atoms. The molecule has 0 aliphatic heterocycles. The second-order valence-corrected chi connectivity index (χ2v) is 4.43. The molecule has 0 rings (SSSR count). The Morgan fingerprint density at radius 2 is 1.60 bits per heavy atom. The summed E-state index contributed by atoms with van der Waals surface area (Å²) < 4.78 is 4.71. The summed E-state index contributed by atoms with van der Waals surface area (Å²) in [6.45, 7) is 10.7. The Labute approximate surface area is 93.8 Å². The van der Waals surface area contributed by atoms with Gasteiger partial charge < -0.3 is 9.84 Å². The molecule has 15 heavy (non-hydrogen) atoms. The van der Waals surface area contributed by atoms with E-state index in [1.54, 1.807) is 0 Å². The molecule has 0 aromatic carbocycles. The van der Waals surface area contributed by atoms with Gasteiger partial charge in [0, 0.05) is 13.5 Å². The highest BCUT2D eigenvalue weighted by Gasteiger charge is 1.94. The van der Waals surface area contributed by atoms with Crippen LogP contribution in [0.3, 0.4) is 0 Å². The average Bonchev–Trinajstić information content (AvgIpc) is 2.03. The largest absolute Gasteiger partial charge is 0.466 e. The highest BCUT2D eigenvalue weighted by atomic mass is 16.5. The minimum absolute atomic E-state index is 0.185. The molecule has 0 spiro atoms. The zero-order chi connectivity index (χ0) is 12.3. The van der Waals surface area contributed by atoms with E-state index in [0.29, 0.717) is 25.0 Å². The Kier molecular flexibility index (Phi) is 12.9. The molecule has 0 aromatic rings. The predicted octanol–water partition coefficient (Wildman–Crippen LogP) is 2.62. The zero-order valence-electron chi connectivity index (χ0n) is 10.7. The summed E-state index contributed by atoms with van der Waals surface area (Å²) in [4.78, 5) is 10.2. The van der Waals surface area contributed by atoms with E-state index >= 15 is 0 Å². The van der Waals surface area contributed by atoms with Gasteiger partial charge in [-0.1, -0.05) is 27.7 Å². The van der Waals surface area contributed by atoms with Gasteiger partial charge in [-0.3, -0.25) is 4.79 Å². The molecule has 0 atom stereocenters. The first kappa shape index (κ1) is 16.8. The van der Waals surface area contributed by atoms with Gasteiger partial charge in [0.25, 0.3) is 0 Å². The summed E-state index contributed by atoms with van der Waals surface area (Å²) in [7, 11) is 0. The summed E-state index contributed by atoms with van der Waals surface area (Å²) in [6.07, 6.45) is 1.89. The third-order valence-electron chi connectivity index (χ3n) is 1.71. The van der Waals surface area contributed by atoms with Crippen molar-refractivity contribution in [3.8, 4) is 0 Å². The molecule has 0 aromatic heterocycles. The van der Waals surface area contributed by atoms with Crippen LogP contribution < -0.4 is 0 Å². The quantitative estimate of drug-likeness (QED) is 0.721. The van der Waals surface area contributed by atoms with Crippen LogP contribution in [-0.4, -0.2) is 24.3 Å². The maximum atomic E-state index is 10.2. The van der Waals surface area contributed by atoms with Crippen molar-refractivity contribution in [2.45, 2.75) is 47.5 Å². The van der Waals surface area contributed by atoms with Gasteiger partial charge >= 0.3 is 5.97 Å². The Morgan fingerprint density at radius 3 is 1.80 bits per heavy atom. The molecule has 0 amide bonds. The Hall–Kier alpha value is -0.570. The van der Waals surface area contributed by atoms with E-state index in [1.165, 1.54) is 6.92 Å². The Bertz CT molecular complexity index is 142. The number of aliphatic hydroxyl groups excluding tert-OH is 1. The molecule has 0 saturated heterocycles. The van der Waals surface area contributed by atoms with Crippen molar-refractivity contribution in [2.24, 2.45) is 11.8 Å². The molecule has 0 unspecified atom stereocenters. The second-order valence-electron chi connectivity index (χ2n) is 4.43. The fourth-order valence-electron chi connectivity index (χ4n) is 0.697. The monoisotopic (exact) mass is 218 g/mol. The number of ether oxygens (including phenoxy) is 1. The molecule has 0 aliphatic carbocycles. The van der Waals surface area contributed by atoms with Crippen molar-refractivity contribution in [2.75, 3.05) is 13.2 Å². The molecular weight excluding hydrogens is 192 g/mol. The van der Waals surface area contributed by atoms with Crippen molar-refractivity contribution in [3.63, 3.8) is 0 Å². The first-order chi connectivity index (χ1) is 6.90. The minimum atomic E-state index is -0.185. The van der Waals surface area contributed by atoms with E-state index in [4.69, 9.17) is 9.84 Å². The zero-order valence-corrected chi connectivity index (χ0v) is 10.7. The van der Waals surface area contributed by atoms with Crippen molar-refractivity contribution in [1.82, 2.24) is 0 Å². The van der Waals surface area contributed by atoms with Gasteiger partial charge in [0.1, 0.15) is 0 Å². The smallest absolute Gasteiger partial charge is 0.302 e. The Balaban J connectivity index is 0. The van der Waals surface area contributed by atoms with Gasteiger partial charge in [0.05, 0.1) is 6.61 Å². The molecule has 0 saturated carbocycles. The maximum Gasteiger partial charge on any atom is 0.302 e. The van der Waals surface area contributed by atoms with Crippen LogP contribution in [0.2, 0.25) is 0 Å². The van der Waals surface area contributed by atoms with Crippen LogP contribution in [0.15, 0.2) is 0 Å². The van der Waals surface area contributed by atoms with Gasteiger partial charge in [0.2, 0.25) is 0 Å². The number of hydrogen-bond donors (Lipinski definition) is 1. The first-order valence-electron chi connectivity index (χ1n) is 5.64. The molecule has 1 N–H and O–H groups in total. The van der Waals surface area contributed by atoms with Crippen LogP contribution >= 0.6 is 0 Å². The second kappa shape index (κ2) is 11.5. The van der Waals surface area contributed by atoms with Crippen LogP contribution in [0.4, 0.5) is 0 Å². The average molecular weight is 218 g/mol. The number of carbonyl (C=O) groups excluding carboxylic acids is 1. The van der Waals surface area contributed by atoms with Gasteiger partial charge in [-0.05, 0) is 24.7 Å². The fourth-order valence-corrected chi connectivity index (χ4v) is 0.697. The van der Waals surface area contributed by atoms with Crippen molar-refractivity contribution >= 4 is 5.97 Å². The number of esters is 1. The summed E-state index contributed by atoms with van der Waals surface area (Å²) in [6, 6.07) is 0. The molecule has 0 heterocycles. The lowest BCUT2D eigenvalue weighted by molar-refractivity contribution is -0.141. The van der Waals surface area contributed by atoms with Gasteiger partial charge in [-0.25, -0.2) is 0 Å². The van der Waals surface area contributed by atoms with Crippen LogP contribution in [0, 0.1) is 11.8 Å². The van der Waals surface area contributed by atoms with Gasteiger partial charge in [-0.2, -0.15) is 0 Å². The van der Waals surface area contributed by atoms with E-state index in [-0.39, 0.29) is 5.97 Å². The normalized spacial score (nSPS) is 9.87. The number of rotatable bonds is 5. The third kappa shape index (κ3) is 24.7. The standard InChI is InChI=1S/C7H14O2.C5H12O/c1-6(2)4-5-9-7(3)8;1-5(2)3-4-6/h6H,4-5H2,1-3H3;5-6H,3-4H2,1-2H3. The molecule has 0 fully saturated rings. The van der Waals surface area contributed by atoms with E-state index in [0.717, 1.165) is 12.8 Å². The van der Waals surface area contributed by atoms with E-state index < -0.39 is 0 Å². The molecule has 92 valence electrons. The fraction of sp³-hybridized carbons (Fsp3) is 0.917. The SMILES string of the molecule is CC(=O)OCCC(C)C.CC(C)CCO. The number of aliphatic hydroxyl groups is 1. The van der Waals surface area contributed by atoms with Crippen LogP contribution in [0.5, 0.6) is 0 Å². The molecule has 0 aliphatic rings. The first-order valence-corrected chi connectivity index (χ1v) is 5.64. The number of carbonyl (C=O) groups is 1. The highest BCUT2D eigenvalue weighted by molar-refractivity contribution is 5.65. The summed E-state index contributed by atoms with van der Waals surface area (Å²) >= 11 is 0. The van der Waals surface area contributed by atoms with Gasteiger partial charge in [-0.15, -0.1) is 0 Å². The minimum Gasteiger partial charge on any atom is -0.466 e. The van der Waals surface area contributed by atoms with E-state index in [2.05, 4.69) is 27.7 Å². The summed E-state index contributed by atoms with van der Waals surface area (Å²) in [5, 5.41) is 8.24. The van der Waals surface area contributed by atoms with Gasteiger partial charge in [0.15, 0.2) is 0 Å². The summed E-state index contributed by atoms with van der Waals surface area (Å²) in [5.41, 5.74) is 0. The van der Waals surface area contributed by atoms with Crippen molar-refractivity contribution in [3.05, 3.63) is 0 Å². The lowest BCUT2D eigenvalue weighted by atomic mass is 10.1. The molecule has 3 nitrogen and oxygen atoms in total. The molecule has 3 heteroatoms. The van der Waals surface area contributed by atoms with E-state index in [9.17, 15) is 4.79 Å². The van der Waals surface area contributed by atoms with Crippen LogP contribution in [-0.2, 0) is 9.53 Å².